The van der Waals surface area contributed by atoms with E-state index in [2.05, 4.69) is 72.7 Å². The van der Waals surface area contributed by atoms with E-state index in [0.29, 0.717) is 29.4 Å². The lowest BCUT2D eigenvalue weighted by molar-refractivity contribution is 0.00135. The molecule has 7 nitrogen and oxygen atoms in total. The fourth-order valence-corrected chi connectivity index (χ4v) is 9.35. The number of thiophene rings is 1. The maximum Gasteiger partial charge on any atom is 0.191 e. The van der Waals surface area contributed by atoms with Crippen LogP contribution in [-0.2, 0) is 17.8 Å². The van der Waals surface area contributed by atoms with E-state index in [1.165, 1.54) is 27.8 Å². The van der Waals surface area contributed by atoms with E-state index in [1.807, 2.05) is 48.5 Å². The van der Waals surface area contributed by atoms with Crippen LogP contribution in [0, 0.1) is 5.92 Å². The normalized spacial score (nSPS) is 18.3. The molecular weight excluding hydrogens is 744 g/mol. The Hall–Kier alpha value is -2.35. The van der Waals surface area contributed by atoms with Crippen LogP contribution in [0.2, 0.25) is 0 Å². The van der Waals surface area contributed by atoms with Crippen molar-refractivity contribution in [3.63, 3.8) is 0 Å². The third-order valence-electron chi connectivity index (χ3n) is 8.00. The lowest BCUT2D eigenvalue weighted by atomic mass is 9.93. The molecule has 0 saturated carbocycles. The lowest BCUT2D eigenvalue weighted by Gasteiger charge is -2.34. The van der Waals surface area contributed by atoms with Crippen LogP contribution in [-0.4, -0.2) is 38.9 Å². The third-order valence-corrected chi connectivity index (χ3v) is 12.2. The summed E-state index contributed by atoms with van der Waals surface area (Å²) >= 11 is 11.6. The highest BCUT2D eigenvalue weighted by molar-refractivity contribution is 9.10. The molecule has 2 atom stereocenters. The fraction of sp³-hybridized carbons (Fsp3) is 0.281. The number of nitrogens with one attached hydrogen (secondary N) is 1. The molecule has 7 rings (SSSR count). The summed E-state index contributed by atoms with van der Waals surface area (Å²) in [6, 6.07) is 19.1. The maximum absolute atomic E-state index is 13.1. The van der Waals surface area contributed by atoms with Crippen LogP contribution < -0.4 is 10.3 Å². The molecule has 2 aromatic heterocycles. The van der Waals surface area contributed by atoms with E-state index in [9.17, 15) is 9.59 Å². The molecule has 12 heteroatoms. The molecule has 1 N–H and O–H groups in total. The summed E-state index contributed by atoms with van der Waals surface area (Å²) in [5.74, 6) is 2.09. The van der Waals surface area contributed by atoms with Gasteiger partial charge in [-0.2, -0.15) is 5.10 Å². The Labute approximate surface area is 285 Å². The zero-order chi connectivity index (χ0) is 30.5. The average molecular weight is 773 g/mol. The number of thioether (sulfide) groups is 2. The number of hydrazone groups is 1. The van der Waals surface area contributed by atoms with E-state index in [1.54, 1.807) is 23.1 Å². The number of nitrogens with zero attached hydrogens (tertiary/aromatic N) is 3. The Bertz CT molecular complexity index is 1780. The summed E-state index contributed by atoms with van der Waals surface area (Å²) in [4.78, 5) is 29.6. The van der Waals surface area contributed by atoms with Gasteiger partial charge in [-0.05, 0) is 47.9 Å². The molecule has 44 heavy (non-hydrogen) atoms. The number of aromatic nitrogens is 1. The van der Waals surface area contributed by atoms with Gasteiger partial charge >= 0.3 is 0 Å². The van der Waals surface area contributed by atoms with Gasteiger partial charge in [-0.1, -0.05) is 93.5 Å². The molecule has 4 aromatic rings. The second-order valence-corrected chi connectivity index (χ2v) is 16.0. The second-order valence-electron chi connectivity index (χ2n) is 11.1. The quantitative estimate of drug-likeness (QED) is 0.142. The van der Waals surface area contributed by atoms with Crippen molar-refractivity contribution in [3.05, 3.63) is 96.7 Å². The van der Waals surface area contributed by atoms with E-state index in [-0.39, 0.29) is 29.6 Å². The van der Waals surface area contributed by atoms with Crippen molar-refractivity contribution >= 4 is 89.3 Å². The summed E-state index contributed by atoms with van der Waals surface area (Å²) < 4.78 is 10.4. The maximum atomic E-state index is 13.1. The molecule has 3 aliphatic heterocycles. The number of hydrogen-bond acceptors (Lipinski definition) is 9. The highest BCUT2D eigenvalue weighted by Gasteiger charge is 2.44. The molecule has 0 saturated heterocycles. The third kappa shape index (κ3) is 5.62. The Morgan fingerprint density at radius 1 is 0.977 bits per heavy atom. The number of carbonyl (C=O) groups excluding carboxylic acids is 2. The van der Waals surface area contributed by atoms with E-state index < -0.39 is 0 Å². The van der Waals surface area contributed by atoms with Gasteiger partial charge in [0.1, 0.15) is 10.8 Å². The van der Waals surface area contributed by atoms with Gasteiger partial charge in [-0.15, -0.1) is 11.3 Å². The Morgan fingerprint density at radius 2 is 1.61 bits per heavy atom. The van der Waals surface area contributed by atoms with Gasteiger partial charge < -0.3 is 4.74 Å². The van der Waals surface area contributed by atoms with Crippen LogP contribution >= 0.6 is 66.7 Å². The van der Waals surface area contributed by atoms with E-state index in [4.69, 9.17) is 9.84 Å². The van der Waals surface area contributed by atoms with Gasteiger partial charge in [-0.3, -0.25) is 24.5 Å². The number of hydrogen-bond donors (Lipinski definition) is 1. The molecule has 5 heterocycles. The Kier molecular flexibility index (Phi) is 8.58. The van der Waals surface area contributed by atoms with Gasteiger partial charge in [0.15, 0.2) is 22.9 Å². The highest BCUT2D eigenvalue weighted by atomic mass is 79.9. The molecule has 0 radical (unpaired) electrons. The summed E-state index contributed by atoms with van der Waals surface area (Å²) in [7, 11) is 0. The molecule has 226 valence electrons. The van der Waals surface area contributed by atoms with E-state index >= 15 is 0 Å². The van der Waals surface area contributed by atoms with Gasteiger partial charge in [0.05, 0.1) is 29.2 Å². The molecule has 0 amide bonds. The lowest BCUT2D eigenvalue weighted by Crippen LogP contribution is -2.38. The van der Waals surface area contributed by atoms with Crippen molar-refractivity contribution in [1.29, 1.82) is 0 Å². The molecule has 1 unspecified atom stereocenters. The summed E-state index contributed by atoms with van der Waals surface area (Å²) in [5, 5.41) is 7.65. The first kappa shape index (κ1) is 30.3. The Balaban J connectivity index is 1.21. The predicted octanol–water partition coefficient (Wildman–Crippen LogP) is 8.45. The number of carbonyl (C=O) groups is 2. The predicted molar refractivity (Wildman–Crippen MR) is 187 cm³/mol. The number of amidine groups is 1. The first-order valence-electron chi connectivity index (χ1n) is 14.2. The summed E-state index contributed by atoms with van der Waals surface area (Å²) in [5.41, 5.74) is 7.31. The number of ether oxygens (including phenoxy) is 1. The monoisotopic (exact) mass is 770 g/mol. The molecule has 0 fully saturated rings. The summed E-state index contributed by atoms with van der Waals surface area (Å²) in [6.45, 7) is 5.00. The van der Waals surface area contributed by atoms with Crippen molar-refractivity contribution in [3.8, 4) is 5.00 Å². The average Bonchev–Trinajstić information content (AvgIpc) is 3.73. The SMILES string of the molecule is CC(C)[C@H]1Cc2c(sc3c2C2NN=C(SCC(=O)c4ccc(Br)cc4)N2c2ccc(SCC(=O)c4ccc(Br)cc4)n2-3)CO1. The standard InChI is InChI=1S/C32H28Br2N4O3S3/c1-17(2)25-13-22-26(14-41-25)44-31-29(22)30-35-36-32(43-16-24(40)19-5-9-21(34)10-6-19)38(30)27-11-12-28(37(27)31)42-15-23(39)18-3-7-20(33)8-4-18/h3-12,17,25,30,35H,13-16H2,1-2H3/t25-,30?/m1/s1. The molecule has 0 bridgehead atoms. The van der Waals surface area contributed by atoms with E-state index in [0.717, 1.165) is 36.4 Å². The highest BCUT2D eigenvalue weighted by Crippen LogP contribution is 2.51. The van der Waals surface area contributed by atoms with Crippen LogP contribution in [0.15, 0.2) is 79.7 Å². The fourth-order valence-electron chi connectivity index (χ4n) is 5.66. The second kappa shape index (κ2) is 12.4. The smallest absolute Gasteiger partial charge is 0.191 e. The van der Waals surface area contributed by atoms with Crippen LogP contribution in [0.3, 0.4) is 0 Å². The van der Waals surface area contributed by atoms with Crippen molar-refractivity contribution < 1.29 is 14.3 Å². The number of rotatable bonds is 8. The van der Waals surface area contributed by atoms with Crippen LogP contribution in [0.5, 0.6) is 0 Å². The van der Waals surface area contributed by atoms with Crippen molar-refractivity contribution in [1.82, 2.24) is 9.99 Å². The molecule has 0 aliphatic carbocycles. The van der Waals surface area contributed by atoms with Crippen molar-refractivity contribution in [2.24, 2.45) is 11.0 Å². The molecule has 3 aliphatic rings. The molecule has 2 aromatic carbocycles. The number of ketones is 2. The first-order valence-corrected chi connectivity index (χ1v) is 18.6. The van der Waals surface area contributed by atoms with Gasteiger partial charge in [0.25, 0.3) is 0 Å². The topological polar surface area (TPSA) is 75.9 Å². The minimum absolute atomic E-state index is 0.0502. The zero-order valence-electron chi connectivity index (χ0n) is 23.9. The van der Waals surface area contributed by atoms with Crippen LogP contribution in [0.4, 0.5) is 5.82 Å². The number of benzene rings is 2. The largest absolute Gasteiger partial charge is 0.372 e. The van der Waals surface area contributed by atoms with Gasteiger partial charge in [0, 0.05) is 36.9 Å². The minimum atomic E-state index is -0.175. The number of halogens is 2. The minimum Gasteiger partial charge on any atom is -0.372 e. The van der Waals surface area contributed by atoms with Crippen LogP contribution in [0.1, 0.15) is 56.7 Å². The molecule has 0 spiro atoms. The zero-order valence-corrected chi connectivity index (χ0v) is 29.5. The van der Waals surface area contributed by atoms with Gasteiger partial charge in [0.2, 0.25) is 0 Å². The Morgan fingerprint density at radius 3 is 2.25 bits per heavy atom. The molecular formula is C32H28Br2N4O3S3. The first-order chi connectivity index (χ1) is 21.3. The number of fused-ring (bicyclic) bond motifs is 8. The number of Topliss-reactive ketones (excluding diaryl/α,β-unsaturated/α-hetero) is 2. The number of anilines is 1. The van der Waals surface area contributed by atoms with Gasteiger partial charge in [-0.25, -0.2) is 0 Å². The summed E-state index contributed by atoms with van der Waals surface area (Å²) in [6.07, 6.45) is 0.819. The van der Waals surface area contributed by atoms with Crippen LogP contribution in [0.25, 0.3) is 5.00 Å². The van der Waals surface area contributed by atoms with Crippen molar-refractivity contribution in [2.75, 3.05) is 16.4 Å². The van der Waals surface area contributed by atoms with Crippen molar-refractivity contribution in [2.45, 2.75) is 44.2 Å².